The van der Waals surface area contributed by atoms with Gasteiger partial charge in [-0.1, -0.05) is 39.2 Å². The van der Waals surface area contributed by atoms with Crippen LogP contribution in [-0.2, 0) is 0 Å². The Kier molecular flexibility index (Phi) is 21.0. The fourth-order valence-corrected chi connectivity index (χ4v) is 0. The van der Waals surface area contributed by atoms with E-state index in [1.165, 1.54) is 18.9 Å². The van der Waals surface area contributed by atoms with Gasteiger partial charge < -0.3 is 0 Å². The smallest absolute Gasteiger partial charge is 0.0194 e. The quantitative estimate of drug-likeness (QED) is 0.455. The first-order valence-corrected chi connectivity index (χ1v) is 2.90. The maximum atomic E-state index is 4.66. The zero-order valence-corrected chi connectivity index (χ0v) is 5.78. The van der Waals surface area contributed by atoms with Gasteiger partial charge >= 0.3 is 0 Å². The standard InChI is InChI=1S/C4H10.C4H4/c2*1-3-4-2/h3-4H2,1-2H3;1,4H,2H2. The van der Waals surface area contributed by atoms with Gasteiger partial charge in [0.2, 0.25) is 0 Å². The van der Waals surface area contributed by atoms with Crippen molar-refractivity contribution in [3.8, 4) is 12.3 Å². The van der Waals surface area contributed by atoms with Crippen LogP contribution in [0.25, 0.3) is 0 Å². The van der Waals surface area contributed by atoms with Gasteiger partial charge in [0, 0.05) is 0 Å². The van der Waals surface area contributed by atoms with Crippen LogP contribution in [0.15, 0.2) is 12.7 Å². The van der Waals surface area contributed by atoms with Gasteiger partial charge in [-0.05, 0) is 6.08 Å². The summed E-state index contributed by atoms with van der Waals surface area (Å²) in [5.74, 6) is 2.19. The molecule has 0 aliphatic heterocycles. The summed E-state index contributed by atoms with van der Waals surface area (Å²) in [6.45, 7) is 7.60. The lowest BCUT2D eigenvalue weighted by Gasteiger charge is -1.68. The van der Waals surface area contributed by atoms with Gasteiger partial charge in [-0.2, -0.15) is 0 Å². The summed E-state index contributed by atoms with van der Waals surface area (Å²) in [7, 11) is 0. The van der Waals surface area contributed by atoms with Gasteiger partial charge in [0.1, 0.15) is 0 Å². The molecule has 0 saturated heterocycles. The Morgan fingerprint density at radius 1 is 1.50 bits per heavy atom. The molecule has 0 aromatic rings. The Labute approximate surface area is 52.6 Å². The molecule has 0 heterocycles. The minimum Gasteiger partial charge on any atom is -0.115 e. The maximum absolute atomic E-state index is 4.66. The largest absolute Gasteiger partial charge is 0.115 e. The molecule has 0 nitrogen and oxygen atoms in total. The Morgan fingerprint density at radius 2 is 1.75 bits per heavy atom. The third-order valence-electron chi connectivity index (χ3n) is 0.618. The van der Waals surface area contributed by atoms with Gasteiger partial charge in [-0.3, -0.25) is 0 Å². The van der Waals surface area contributed by atoms with E-state index in [0.29, 0.717) is 0 Å². The van der Waals surface area contributed by atoms with Crippen molar-refractivity contribution in [2.75, 3.05) is 0 Å². The molecule has 0 fully saturated rings. The molecule has 0 unspecified atom stereocenters. The molecular weight excluding hydrogens is 96.1 g/mol. The van der Waals surface area contributed by atoms with Crippen LogP contribution in [0.4, 0.5) is 0 Å². The zero-order chi connectivity index (χ0) is 6.83. The van der Waals surface area contributed by atoms with E-state index in [4.69, 9.17) is 0 Å². The summed E-state index contributed by atoms with van der Waals surface area (Å²) in [4.78, 5) is 0. The second kappa shape index (κ2) is 16.3. The second-order valence-corrected chi connectivity index (χ2v) is 1.37. The second-order valence-electron chi connectivity index (χ2n) is 1.37. The topological polar surface area (TPSA) is 0 Å². The molecular formula is C8H14. The van der Waals surface area contributed by atoms with Crippen LogP contribution in [-0.4, -0.2) is 0 Å². The van der Waals surface area contributed by atoms with E-state index in [-0.39, 0.29) is 0 Å². The van der Waals surface area contributed by atoms with Crippen molar-refractivity contribution in [2.45, 2.75) is 26.7 Å². The van der Waals surface area contributed by atoms with E-state index in [0.717, 1.165) is 0 Å². The van der Waals surface area contributed by atoms with Crippen LogP contribution in [0, 0.1) is 12.3 Å². The van der Waals surface area contributed by atoms with Crippen LogP contribution in [0.5, 0.6) is 0 Å². The molecule has 0 aliphatic rings. The van der Waals surface area contributed by atoms with Crippen LogP contribution in [0.1, 0.15) is 26.7 Å². The van der Waals surface area contributed by atoms with Crippen molar-refractivity contribution in [1.82, 2.24) is 0 Å². The maximum Gasteiger partial charge on any atom is -0.0194 e. The summed E-state index contributed by atoms with van der Waals surface area (Å²) in [6.07, 6.45) is 8.70. The van der Waals surface area contributed by atoms with E-state index in [1.54, 1.807) is 0 Å². The highest BCUT2D eigenvalue weighted by Crippen LogP contribution is 1.76. The summed E-state index contributed by atoms with van der Waals surface area (Å²) in [5.41, 5.74) is 0. The Balaban J connectivity index is 0. The summed E-state index contributed by atoms with van der Waals surface area (Å²) >= 11 is 0. The minimum absolute atomic E-state index is 1.32. The molecule has 0 bridgehead atoms. The van der Waals surface area contributed by atoms with Gasteiger partial charge in [0.25, 0.3) is 0 Å². The molecule has 0 aliphatic carbocycles. The van der Waals surface area contributed by atoms with Crippen molar-refractivity contribution < 1.29 is 0 Å². The molecule has 0 rings (SSSR count). The number of terminal acetylenes is 1. The molecule has 0 aromatic carbocycles. The Hall–Kier alpha value is -0.700. The summed E-state index contributed by atoms with van der Waals surface area (Å²) in [5, 5.41) is 0. The number of rotatable bonds is 1. The third kappa shape index (κ3) is 58.0. The van der Waals surface area contributed by atoms with Gasteiger partial charge in [-0.25, -0.2) is 0 Å². The SMILES string of the molecule is C#CC=C.CCCC. The molecule has 0 saturated carbocycles. The zero-order valence-electron chi connectivity index (χ0n) is 5.78. The van der Waals surface area contributed by atoms with E-state index in [9.17, 15) is 0 Å². The first-order valence-electron chi connectivity index (χ1n) is 2.90. The van der Waals surface area contributed by atoms with Crippen molar-refractivity contribution >= 4 is 0 Å². The van der Waals surface area contributed by atoms with Gasteiger partial charge in [0.05, 0.1) is 0 Å². The molecule has 46 valence electrons. The monoisotopic (exact) mass is 110 g/mol. The fraction of sp³-hybridized carbons (Fsp3) is 0.500. The lowest BCUT2D eigenvalue weighted by Crippen LogP contribution is -1.47. The Morgan fingerprint density at radius 3 is 1.75 bits per heavy atom. The first-order chi connectivity index (χ1) is 3.83. The molecule has 8 heavy (non-hydrogen) atoms. The lowest BCUT2D eigenvalue weighted by molar-refractivity contribution is 0.886. The highest BCUT2D eigenvalue weighted by Gasteiger charge is 1.56. The van der Waals surface area contributed by atoms with Crippen LogP contribution in [0.3, 0.4) is 0 Å². The molecule has 0 atom stereocenters. The summed E-state index contributed by atoms with van der Waals surface area (Å²) < 4.78 is 0. The highest BCUT2D eigenvalue weighted by molar-refractivity contribution is 5.03. The minimum atomic E-state index is 1.32. The van der Waals surface area contributed by atoms with Crippen LogP contribution < -0.4 is 0 Å². The average molecular weight is 110 g/mol. The van der Waals surface area contributed by atoms with Gasteiger partial charge in [-0.15, -0.1) is 6.42 Å². The molecule has 0 aromatic heterocycles. The van der Waals surface area contributed by atoms with Crippen molar-refractivity contribution in [3.63, 3.8) is 0 Å². The number of hydrogen-bond acceptors (Lipinski definition) is 0. The molecule has 0 spiro atoms. The molecule has 0 heteroatoms. The highest BCUT2D eigenvalue weighted by atomic mass is 13.6. The van der Waals surface area contributed by atoms with E-state index in [1.807, 2.05) is 0 Å². The normalized spacial score (nSPS) is 5.62. The number of hydrogen-bond donors (Lipinski definition) is 0. The predicted octanol–water partition coefficient (Wildman–Crippen LogP) is 2.61. The van der Waals surface area contributed by atoms with Crippen LogP contribution >= 0.6 is 0 Å². The average Bonchev–Trinajstić information content (AvgIpc) is 1.88. The van der Waals surface area contributed by atoms with Crippen molar-refractivity contribution in [1.29, 1.82) is 0 Å². The van der Waals surface area contributed by atoms with E-state index >= 15 is 0 Å². The lowest BCUT2D eigenvalue weighted by atomic mass is 10.4. The summed E-state index contributed by atoms with van der Waals surface area (Å²) in [6, 6.07) is 0. The van der Waals surface area contributed by atoms with Crippen molar-refractivity contribution in [2.24, 2.45) is 0 Å². The number of unbranched alkanes of at least 4 members (excludes halogenated alkanes) is 1. The third-order valence-corrected chi connectivity index (χ3v) is 0.618. The number of allylic oxidation sites excluding steroid dienone is 1. The van der Waals surface area contributed by atoms with E-state index < -0.39 is 0 Å². The Bertz CT molecular complexity index is 62.6. The molecule has 0 radical (unpaired) electrons. The van der Waals surface area contributed by atoms with Crippen LogP contribution in [0.2, 0.25) is 0 Å². The van der Waals surface area contributed by atoms with Gasteiger partial charge in [0.15, 0.2) is 0 Å². The van der Waals surface area contributed by atoms with Crippen molar-refractivity contribution in [3.05, 3.63) is 12.7 Å². The first kappa shape index (κ1) is 10.3. The fourth-order valence-electron chi connectivity index (χ4n) is 0. The predicted molar refractivity (Wildman–Crippen MR) is 39.6 cm³/mol. The van der Waals surface area contributed by atoms with E-state index in [2.05, 4.69) is 32.8 Å². The molecule has 0 amide bonds. The molecule has 0 N–H and O–H groups in total.